The number of carbonyl (C=O) groups excluding carboxylic acids is 3. The molecule has 2 aliphatic rings. The van der Waals surface area contributed by atoms with Gasteiger partial charge in [0.25, 0.3) is 11.8 Å². The van der Waals surface area contributed by atoms with E-state index >= 15 is 0 Å². The Morgan fingerprint density at radius 2 is 1.67 bits per heavy atom. The van der Waals surface area contributed by atoms with Crippen molar-refractivity contribution in [1.82, 2.24) is 39.9 Å². The smallest absolute Gasteiger partial charge is 0.484 e. The number of aliphatic hydroxyl groups excluding tert-OH is 2. The van der Waals surface area contributed by atoms with Crippen molar-refractivity contribution in [2.75, 3.05) is 38.1 Å². The second-order valence-corrected chi connectivity index (χ2v) is 16.6. The molecular formula is C45H53BF2N10O7S. The molecule has 0 aliphatic carbocycles. The maximum atomic E-state index is 14.1. The van der Waals surface area contributed by atoms with E-state index in [2.05, 4.69) is 41.2 Å². The Morgan fingerprint density at radius 3 is 2.42 bits per heavy atom. The molecule has 17 nitrogen and oxygen atoms in total. The molecule has 66 heavy (non-hydrogen) atoms. The summed E-state index contributed by atoms with van der Waals surface area (Å²) in [5, 5.41) is 34.6. The Balaban J connectivity index is 0.710. The van der Waals surface area contributed by atoms with Crippen LogP contribution < -0.4 is 26.0 Å². The molecule has 0 saturated carbocycles. The van der Waals surface area contributed by atoms with E-state index in [1.807, 2.05) is 53.9 Å². The number of imidazole rings is 1. The fourth-order valence-corrected chi connectivity index (χ4v) is 8.37. The molecule has 6 N–H and O–H groups in total. The first-order chi connectivity index (χ1) is 32.1. The molecule has 21 heteroatoms. The maximum Gasteiger partial charge on any atom is 0.677 e. The normalized spacial score (nSPS) is 19.0. The number of thiophene rings is 1. The maximum absolute atomic E-state index is 14.1. The average molecular weight is 927 g/mol. The molecule has 5 unspecified atom stereocenters. The minimum atomic E-state index is -2.69. The van der Waals surface area contributed by atoms with Crippen molar-refractivity contribution in [3.05, 3.63) is 96.1 Å². The van der Waals surface area contributed by atoms with Gasteiger partial charge in [0, 0.05) is 43.2 Å². The molecule has 2 aliphatic heterocycles. The van der Waals surface area contributed by atoms with E-state index in [0.29, 0.717) is 78.9 Å². The van der Waals surface area contributed by atoms with Crippen LogP contribution in [0.3, 0.4) is 0 Å². The number of hydrogen-bond donors (Lipinski definition) is 6. The van der Waals surface area contributed by atoms with Crippen molar-refractivity contribution in [2.45, 2.75) is 82.5 Å². The summed E-state index contributed by atoms with van der Waals surface area (Å²) in [5.74, 6) is 0.287. The van der Waals surface area contributed by atoms with E-state index in [0.717, 1.165) is 47.0 Å². The second kappa shape index (κ2) is 23.3. The number of halogens is 2. The zero-order chi connectivity index (χ0) is 46.4. The quantitative estimate of drug-likeness (QED) is 0.0353. The molecule has 5 atom stereocenters. The lowest BCUT2D eigenvalue weighted by Gasteiger charge is -2.16. The van der Waals surface area contributed by atoms with E-state index in [9.17, 15) is 33.2 Å². The molecule has 348 valence electrons. The van der Waals surface area contributed by atoms with Gasteiger partial charge >= 0.3 is 7.40 Å². The van der Waals surface area contributed by atoms with Gasteiger partial charge in [-0.05, 0) is 92.5 Å². The fraction of sp³-hybridized carbons (Fsp3) is 0.400. The monoisotopic (exact) mass is 926 g/mol. The van der Waals surface area contributed by atoms with E-state index in [4.69, 9.17) is 9.47 Å². The van der Waals surface area contributed by atoms with Gasteiger partial charge in [-0.2, -0.15) is 0 Å². The van der Waals surface area contributed by atoms with Crippen molar-refractivity contribution in [3.63, 3.8) is 0 Å². The van der Waals surface area contributed by atoms with Crippen molar-refractivity contribution in [2.24, 2.45) is 4.99 Å². The summed E-state index contributed by atoms with van der Waals surface area (Å²) in [4.78, 5) is 55.3. The number of carbonyl (C=O) groups is 3. The predicted molar refractivity (Wildman–Crippen MR) is 248 cm³/mol. The third-order valence-electron chi connectivity index (χ3n) is 11.0. The molecule has 0 spiro atoms. The highest BCUT2D eigenvalue weighted by Gasteiger charge is 2.47. The average Bonchev–Trinajstić information content (AvgIpc) is 4.18. The highest BCUT2D eigenvalue weighted by atomic mass is 32.1. The summed E-state index contributed by atoms with van der Waals surface area (Å²) < 4.78 is 42.0. The predicted octanol–water partition coefficient (Wildman–Crippen LogP) is 5.10. The summed E-state index contributed by atoms with van der Waals surface area (Å²) >= 11 is 1.41. The van der Waals surface area contributed by atoms with Gasteiger partial charge in [0.1, 0.15) is 30.3 Å². The number of allylic oxidation sites excluding steroid dienone is 2. The molecular weight excluding hydrogens is 873 g/mol. The topological polar surface area (TPSA) is 219 Å². The Hall–Kier alpha value is -6.29. The Labute approximate surface area is 384 Å². The summed E-state index contributed by atoms with van der Waals surface area (Å²) in [6, 6.07) is 13.8. The number of fused-ring (bicyclic) bond motifs is 1. The number of ether oxygens (including phenoxy) is 2. The van der Waals surface area contributed by atoms with Crippen LogP contribution in [0.5, 0.6) is 5.75 Å². The first-order valence-electron chi connectivity index (χ1n) is 22.1. The first-order valence-corrected chi connectivity index (χ1v) is 22.9. The number of amides is 3. The van der Waals surface area contributed by atoms with Crippen LogP contribution in [0.25, 0.3) is 27.8 Å². The number of benzene rings is 1. The second-order valence-electron chi connectivity index (χ2n) is 15.7. The summed E-state index contributed by atoms with van der Waals surface area (Å²) in [7, 11) is -2.69. The molecule has 1 fully saturated rings. The SMILES string of the molecule is CCNC(=O)C1OC(n2cnc3c(NCCCCCNC(=O)CCCCCNC(=O)COc4ccc(/C=C/C5=NC(c6ccc(-c7cccs7)n6B(F)F)C=C5)cc4)ncnc32)C(O)C1O. The molecule has 1 aromatic carbocycles. The van der Waals surface area contributed by atoms with Gasteiger partial charge in [0.15, 0.2) is 35.9 Å². The van der Waals surface area contributed by atoms with Crippen LogP contribution in [0.4, 0.5) is 14.4 Å². The van der Waals surface area contributed by atoms with Gasteiger partial charge in [-0.15, -0.1) is 11.3 Å². The number of hydrogen-bond acceptors (Lipinski definition) is 13. The van der Waals surface area contributed by atoms with Crippen LogP contribution in [-0.2, 0) is 19.1 Å². The molecule has 7 rings (SSSR count). The van der Waals surface area contributed by atoms with Crippen molar-refractivity contribution in [3.8, 4) is 16.3 Å². The van der Waals surface area contributed by atoms with Crippen LogP contribution in [-0.4, -0.2) is 116 Å². The van der Waals surface area contributed by atoms with Crippen molar-refractivity contribution >= 4 is 65.2 Å². The van der Waals surface area contributed by atoms with Crippen LogP contribution in [0.15, 0.2) is 89.8 Å². The summed E-state index contributed by atoms with van der Waals surface area (Å²) in [6.45, 7) is 3.63. The van der Waals surface area contributed by atoms with E-state index in [-0.39, 0.29) is 18.4 Å². The molecule has 6 heterocycles. The van der Waals surface area contributed by atoms with Crippen LogP contribution in [0.2, 0.25) is 0 Å². The van der Waals surface area contributed by atoms with Crippen molar-refractivity contribution in [1.29, 1.82) is 0 Å². The molecule has 3 amide bonds. The number of aliphatic imine (C=N–C) groups is 1. The van der Waals surface area contributed by atoms with Crippen LogP contribution >= 0.6 is 11.3 Å². The van der Waals surface area contributed by atoms with Gasteiger partial charge in [0.2, 0.25) is 5.91 Å². The largest absolute Gasteiger partial charge is 0.677 e. The fourth-order valence-electron chi connectivity index (χ4n) is 7.62. The van der Waals surface area contributed by atoms with Gasteiger partial charge in [-0.25, -0.2) is 15.0 Å². The molecule has 4 aromatic heterocycles. The Bertz CT molecular complexity index is 2500. The lowest BCUT2D eigenvalue weighted by Crippen LogP contribution is -2.42. The van der Waals surface area contributed by atoms with Gasteiger partial charge in [0.05, 0.1) is 17.7 Å². The van der Waals surface area contributed by atoms with E-state index in [1.54, 1.807) is 31.2 Å². The number of aliphatic hydroxyl groups is 2. The van der Waals surface area contributed by atoms with E-state index in [1.165, 1.54) is 28.6 Å². The van der Waals surface area contributed by atoms with Gasteiger partial charge < -0.3 is 45.4 Å². The first kappa shape index (κ1) is 47.7. The van der Waals surface area contributed by atoms with E-state index < -0.39 is 43.9 Å². The molecule has 5 aromatic rings. The number of likely N-dealkylation sites (N-methyl/N-ethyl adjacent to an activating group) is 1. The highest BCUT2D eigenvalue weighted by Crippen LogP contribution is 2.34. The number of anilines is 1. The van der Waals surface area contributed by atoms with Crippen LogP contribution in [0.1, 0.15) is 75.4 Å². The minimum Gasteiger partial charge on any atom is -0.484 e. The lowest BCUT2D eigenvalue weighted by molar-refractivity contribution is -0.137. The van der Waals surface area contributed by atoms with Crippen LogP contribution in [0, 0.1) is 0 Å². The lowest BCUT2D eigenvalue weighted by atomic mass is 10.1. The number of rotatable bonds is 24. The standard InChI is InChI=1S/C45H53BF2N10O7S/c1-2-49-44(63)41-39(61)40(62)45(65-41)57-28-55-38-42(53-27-54-43(38)57)52-24-8-4-7-22-50-36(59)11-5-3-6-23-51-37(60)26-64-31-17-13-29(14-18-31)12-15-30-16-19-32(56-30)33-20-21-34(58(33)46(47)48)35-10-9-25-66-35/h9-10,12-21,25,27-28,32,39-41,45,61-62H,2-8,11,22-24,26H2,1H3,(H,49,63)(H,50,59)(H,51,60)(H,52,53,54)/b15-12+. The third kappa shape index (κ3) is 12.1. The molecule has 0 radical (unpaired) electrons. The summed E-state index contributed by atoms with van der Waals surface area (Å²) in [5.41, 5.74) is 3.29. The summed E-state index contributed by atoms with van der Waals surface area (Å²) in [6.07, 6.45) is 10.2. The van der Waals surface area contributed by atoms with Gasteiger partial charge in [-0.1, -0.05) is 36.8 Å². The van der Waals surface area contributed by atoms with Crippen molar-refractivity contribution < 1.29 is 42.7 Å². The third-order valence-corrected chi connectivity index (χ3v) is 11.9. The molecule has 0 bridgehead atoms. The minimum absolute atomic E-state index is 0.00716. The Morgan fingerprint density at radius 1 is 0.894 bits per heavy atom. The highest BCUT2D eigenvalue weighted by molar-refractivity contribution is 7.13. The Kier molecular flexibility index (Phi) is 16.8. The molecule has 1 saturated heterocycles. The number of aromatic nitrogens is 5. The zero-order valence-corrected chi connectivity index (χ0v) is 37.2. The number of nitrogens with zero attached hydrogens (tertiary/aromatic N) is 6. The number of unbranched alkanes of at least 4 members (excludes halogenated alkanes) is 4. The number of nitrogens with one attached hydrogen (secondary N) is 4. The zero-order valence-electron chi connectivity index (χ0n) is 36.4. The van der Waals surface area contributed by atoms with Gasteiger partial charge in [-0.3, -0.25) is 32.6 Å².